The highest BCUT2D eigenvalue weighted by atomic mass is 79.9. The van der Waals surface area contributed by atoms with E-state index in [0.29, 0.717) is 0 Å². The van der Waals surface area contributed by atoms with Gasteiger partial charge in [0.25, 0.3) is 0 Å². The molecule has 0 saturated carbocycles. The van der Waals surface area contributed by atoms with Crippen LogP contribution in [0.25, 0.3) is 0 Å². The maximum atomic E-state index is 4.01. The Morgan fingerprint density at radius 1 is 1.57 bits per heavy atom. The van der Waals surface area contributed by atoms with Gasteiger partial charge in [-0.05, 0) is 22.0 Å². The molecule has 0 spiro atoms. The molecule has 0 aromatic rings. The molecule has 0 radical (unpaired) electrons. The summed E-state index contributed by atoms with van der Waals surface area (Å²) >= 11 is 6.52. The summed E-state index contributed by atoms with van der Waals surface area (Å²) in [4.78, 5) is 4.01. The Bertz CT molecular complexity index is 137. The standard InChI is InChI=1S/C4H3Br2N/c5-3-1-4(6)7-2-3/h1H,2H2. The van der Waals surface area contributed by atoms with Gasteiger partial charge in [0.15, 0.2) is 0 Å². The zero-order valence-corrected chi connectivity index (χ0v) is 6.66. The van der Waals surface area contributed by atoms with Crippen LogP contribution >= 0.6 is 31.9 Å². The molecule has 38 valence electrons. The molecule has 1 nitrogen and oxygen atoms in total. The summed E-state index contributed by atoms with van der Waals surface area (Å²) in [6, 6.07) is 0. The molecule has 0 aromatic carbocycles. The number of halogens is 2. The minimum Gasteiger partial charge on any atom is -0.273 e. The maximum absolute atomic E-state index is 4.01. The molecule has 1 aliphatic heterocycles. The highest BCUT2D eigenvalue weighted by Gasteiger charge is 1.99. The topological polar surface area (TPSA) is 12.4 Å². The monoisotopic (exact) mass is 223 g/mol. The number of hydrogen-bond acceptors (Lipinski definition) is 1. The summed E-state index contributed by atoms with van der Waals surface area (Å²) in [5, 5.41) is 0. The van der Waals surface area contributed by atoms with Crippen molar-refractivity contribution in [3.05, 3.63) is 10.6 Å². The van der Waals surface area contributed by atoms with Crippen molar-refractivity contribution < 1.29 is 0 Å². The van der Waals surface area contributed by atoms with Gasteiger partial charge in [-0.2, -0.15) is 0 Å². The summed E-state index contributed by atoms with van der Waals surface area (Å²) in [7, 11) is 0. The fraction of sp³-hybridized carbons (Fsp3) is 0.250. The first-order chi connectivity index (χ1) is 3.29. The molecule has 0 bridgehead atoms. The van der Waals surface area contributed by atoms with E-state index in [-0.39, 0.29) is 0 Å². The largest absolute Gasteiger partial charge is 0.273 e. The number of hydrogen-bond donors (Lipinski definition) is 0. The van der Waals surface area contributed by atoms with Crippen LogP contribution in [0.2, 0.25) is 0 Å². The van der Waals surface area contributed by atoms with Crippen LogP contribution in [0.4, 0.5) is 0 Å². The van der Waals surface area contributed by atoms with Crippen molar-refractivity contribution in [1.82, 2.24) is 0 Å². The van der Waals surface area contributed by atoms with Crippen LogP contribution in [0.5, 0.6) is 0 Å². The molecule has 0 aromatic heterocycles. The molecule has 1 rings (SSSR count). The zero-order valence-electron chi connectivity index (χ0n) is 3.49. The highest BCUT2D eigenvalue weighted by molar-refractivity contribution is 9.18. The third kappa shape index (κ3) is 1.39. The molecule has 0 N–H and O–H groups in total. The SMILES string of the molecule is BrC1=CC(Br)=NC1. The van der Waals surface area contributed by atoms with Crippen molar-refractivity contribution in [2.24, 2.45) is 4.99 Å². The Kier molecular flexibility index (Phi) is 1.65. The summed E-state index contributed by atoms with van der Waals surface area (Å²) in [6.45, 7) is 0.792. The Labute approximate surface area is 58.8 Å². The van der Waals surface area contributed by atoms with Gasteiger partial charge in [-0.25, -0.2) is 0 Å². The van der Waals surface area contributed by atoms with E-state index < -0.39 is 0 Å². The number of nitrogens with zero attached hydrogens (tertiary/aromatic N) is 1. The molecule has 0 saturated heterocycles. The minimum atomic E-state index is 0.792. The van der Waals surface area contributed by atoms with Gasteiger partial charge in [0.2, 0.25) is 0 Å². The molecule has 0 atom stereocenters. The predicted molar refractivity (Wildman–Crippen MR) is 38.2 cm³/mol. The van der Waals surface area contributed by atoms with Crippen molar-refractivity contribution >= 4 is 36.5 Å². The summed E-state index contributed by atoms with van der Waals surface area (Å²) in [6.07, 6.45) is 1.94. The Morgan fingerprint density at radius 3 is 2.43 bits per heavy atom. The number of aliphatic imine (C=N–C) groups is 1. The maximum Gasteiger partial charge on any atom is 0.101 e. The van der Waals surface area contributed by atoms with Crippen molar-refractivity contribution in [3.63, 3.8) is 0 Å². The molecule has 0 aliphatic carbocycles. The van der Waals surface area contributed by atoms with Gasteiger partial charge in [-0.1, -0.05) is 15.9 Å². The molecule has 1 heterocycles. The van der Waals surface area contributed by atoms with Gasteiger partial charge in [0.1, 0.15) is 4.62 Å². The van der Waals surface area contributed by atoms with E-state index in [1.807, 2.05) is 6.08 Å². The number of allylic oxidation sites excluding steroid dienone is 1. The second-order valence-electron chi connectivity index (χ2n) is 1.23. The minimum absolute atomic E-state index is 0.792. The van der Waals surface area contributed by atoms with E-state index >= 15 is 0 Å². The van der Waals surface area contributed by atoms with Crippen molar-refractivity contribution in [2.75, 3.05) is 6.54 Å². The van der Waals surface area contributed by atoms with E-state index in [9.17, 15) is 0 Å². The normalized spacial score (nSPS) is 19.1. The smallest absolute Gasteiger partial charge is 0.101 e. The third-order valence-corrected chi connectivity index (χ3v) is 1.62. The van der Waals surface area contributed by atoms with Crippen molar-refractivity contribution in [2.45, 2.75) is 0 Å². The van der Waals surface area contributed by atoms with Crippen LogP contribution in [0.15, 0.2) is 15.6 Å². The molecule has 7 heavy (non-hydrogen) atoms. The first kappa shape index (κ1) is 5.51. The molecule has 0 fully saturated rings. The molecular formula is C4H3Br2N. The van der Waals surface area contributed by atoms with Crippen LogP contribution in [0, 0.1) is 0 Å². The molecule has 0 unspecified atom stereocenters. The Morgan fingerprint density at radius 2 is 2.29 bits per heavy atom. The van der Waals surface area contributed by atoms with E-state index in [1.165, 1.54) is 0 Å². The summed E-state index contributed by atoms with van der Waals surface area (Å²) in [5.74, 6) is 0. The van der Waals surface area contributed by atoms with E-state index in [4.69, 9.17) is 0 Å². The fourth-order valence-corrected chi connectivity index (χ4v) is 1.42. The predicted octanol–water partition coefficient (Wildman–Crippen LogP) is 2.07. The first-order valence-electron chi connectivity index (χ1n) is 1.85. The van der Waals surface area contributed by atoms with Crippen molar-refractivity contribution in [1.29, 1.82) is 0 Å². The first-order valence-corrected chi connectivity index (χ1v) is 3.43. The number of rotatable bonds is 0. The van der Waals surface area contributed by atoms with Gasteiger partial charge < -0.3 is 0 Å². The van der Waals surface area contributed by atoms with Crippen LogP contribution < -0.4 is 0 Å². The van der Waals surface area contributed by atoms with E-state index in [1.54, 1.807) is 0 Å². The van der Waals surface area contributed by atoms with Crippen LogP contribution in [0.1, 0.15) is 0 Å². The lowest BCUT2D eigenvalue weighted by Gasteiger charge is -1.74. The van der Waals surface area contributed by atoms with Crippen LogP contribution in [-0.4, -0.2) is 11.2 Å². The van der Waals surface area contributed by atoms with E-state index in [2.05, 4.69) is 36.9 Å². The third-order valence-electron chi connectivity index (χ3n) is 0.657. The Balaban J connectivity index is 2.69. The lowest BCUT2D eigenvalue weighted by Crippen LogP contribution is -1.67. The second-order valence-corrected chi connectivity index (χ2v) is 3.06. The lowest BCUT2D eigenvalue weighted by atomic mass is 10.6. The van der Waals surface area contributed by atoms with Crippen LogP contribution in [-0.2, 0) is 0 Å². The van der Waals surface area contributed by atoms with Gasteiger partial charge in [-0.15, -0.1) is 0 Å². The van der Waals surface area contributed by atoms with Crippen molar-refractivity contribution in [3.8, 4) is 0 Å². The van der Waals surface area contributed by atoms with Crippen LogP contribution in [0.3, 0.4) is 0 Å². The molecule has 1 aliphatic rings. The Hall–Kier alpha value is 0.370. The highest BCUT2D eigenvalue weighted by Crippen LogP contribution is 2.13. The molecular weight excluding hydrogens is 222 g/mol. The zero-order chi connectivity index (χ0) is 5.28. The summed E-state index contributed by atoms with van der Waals surface area (Å²) < 4.78 is 2.07. The van der Waals surface area contributed by atoms with E-state index in [0.717, 1.165) is 15.6 Å². The molecule has 0 amide bonds. The average Bonchev–Trinajstić information content (AvgIpc) is 1.87. The quantitative estimate of drug-likeness (QED) is 0.598. The molecule has 3 heteroatoms. The lowest BCUT2D eigenvalue weighted by molar-refractivity contribution is 1.28. The van der Waals surface area contributed by atoms with Gasteiger partial charge >= 0.3 is 0 Å². The second kappa shape index (κ2) is 2.09. The fourth-order valence-electron chi connectivity index (χ4n) is 0.372. The van der Waals surface area contributed by atoms with Gasteiger partial charge in [0, 0.05) is 4.48 Å². The summed E-state index contributed by atoms with van der Waals surface area (Å²) in [5.41, 5.74) is 0. The average molecular weight is 225 g/mol. The van der Waals surface area contributed by atoms with Gasteiger partial charge in [-0.3, -0.25) is 4.99 Å². The van der Waals surface area contributed by atoms with Gasteiger partial charge in [0.05, 0.1) is 6.54 Å².